The zero-order valence-corrected chi connectivity index (χ0v) is 11.4. The van der Waals surface area contributed by atoms with Gasteiger partial charge in [-0.1, -0.05) is 12.1 Å². The van der Waals surface area contributed by atoms with E-state index in [1.165, 1.54) is 12.1 Å². The number of thioether (sulfide) groups is 1. The van der Waals surface area contributed by atoms with Gasteiger partial charge in [0.05, 0.1) is 5.88 Å². The van der Waals surface area contributed by atoms with Crippen molar-refractivity contribution in [2.24, 2.45) is 0 Å². The second-order valence-corrected chi connectivity index (χ2v) is 4.75. The Balaban J connectivity index is 2.33. The zero-order valence-electron chi connectivity index (χ0n) is 9.82. The molecular weight excluding hydrogens is 271 g/mol. The van der Waals surface area contributed by atoms with E-state index in [2.05, 4.69) is 0 Å². The number of rotatable bonds is 4. The summed E-state index contributed by atoms with van der Waals surface area (Å²) >= 11 is 7.39. The van der Waals surface area contributed by atoms with Gasteiger partial charge in [-0.25, -0.2) is 4.39 Å². The van der Waals surface area contributed by atoms with E-state index >= 15 is 0 Å². The molecule has 0 aliphatic rings. The molecule has 0 radical (unpaired) electrons. The summed E-state index contributed by atoms with van der Waals surface area (Å²) in [5.74, 6) is 1.25. The molecule has 0 saturated heterocycles. The summed E-state index contributed by atoms with van der Waals surface area (Å²) in [5, 5.41) is 0. The molecule has 0 N–H and O–H groups in total. The Kier molecular flexibility index (Phi) is 4.50. The Hall–Kier alpha value is -1.19. The predicted octanol–water partition coefficient (Wildman–Crippen LogP) is 5.08. The molecule has 94 valence electrons. The quantitative estimate of drug-likeness (QED) is 0.571. The zero-order chi connectivity index (χ0) is 13.0. The van der Waals surface area contributed by atoms with Crippen LogP contribution in [0.1, 0.15) is 5.56 Å². The highest BCUT2D eigenvalue weighted by atomic mass is 35.5. The summed E-state index contributed by atoms with van der Waals surface area (Å²) in [6.07, 6.45) is 1.98. The normalized spacial score (nSPS) is 10.4. The number of halogens is 2. The van der Waals surface area contributed by atoms with Crippen LogP contribution in [-0.2, 0) is 5.88 Å². The summed E-state index contributed by atoms with van der Waals surface area (Å²) in [6, 6.07) is 12.1. The van der Waals surface area contributed by atoms with E-state index in [4.69, 9.17) is 16.3 Å². The molecular formula is C14H12ClFOS. The van der Waals surface area contributed by atoms with Crippen LogP contribution in [0.4, 0.5) is 4.39 Å². The van der Waals surface area contributed by atoms with Crippen molar-refractivity contribution in [3.8, 4) is 11.5 Å². The average molecular weight is 283 g/mol. The second-order valence-electron chi connectivity index (χ2n) is 3.64. The largest absolute Gasteiger partial charge is 0.456 e. The Bertz CT molecular complexity index is 545. The van der Waals surface area contributed by atoms with Gasteiger partial charge in [0.15, 0.2) is 0 Å². The van der Waals surface area contributed by atoms with Gasteiger partial charge < -0.3 is 4.74 Å². The van der Waals surface area contributed by atoms with Crippen LogP contribution in [0.15, 0.2) is 47.4 Å². The lowest BCUT2D eigenvalue weighted by atomic mass is 10.2. The third kappa shape index (κ3) is 2.98. The van der Waals surface area contributed by atoms with Gasteiger partial charge in [-0.15, -0.1) is 23.4 Å². The molecule has 0 saturated carbocycles. The van der Waals surface area contributed by atoms with Crippen molar-refractivity contribution in [3.63, 3.8) is 0 Å². The monoisotopic (exact) mass is 282 g/mol. The van der Waals surface area contributed by atoms with Gasteiger partial charge in [0, 0.05) is 10.5 Å². The minimum absolute atomic E-state index is 0.217. The Morgan fingerprint density at radius 2 is 1.94 bits per heavy atom. The van der Waals surface area contributed by atoms with Crippen molar-refractivity contribution < 1.29 is 9.13 Å². The topological polar surface area (TPSA) is 9.23 Å². The fourth-order valence-corrected chi connectivity index (χ4v) is 2.31. The minimum Gasteiger partial charge on any atom is -0.456 e. The standard InChI is InChI=1S/C14H12ClFOS/c1-18-14-5-3-2-4-13(14)17-12-7-6-11(16)8-10(12)9-15/h2-8H,9H2,1H3. The van der Waals surface area contributed by atoms with Gasteiger partial charge in [0.25, 0.3) is 0 Å². The first-order valence-electron chi connectivity index (χ1n) is 5.40. The van der Waals surface area contributed by atoms with Crippen LogP contribution in [0.5, 0.6) is 11.5 Å². The lowest BCUT2D eigenvalue weighted by Crippen LogP contribution is -1.92. The number of para-hydroxylation sites is 1. The Morgan fingerprint density at radius 3 is 2.67 bits per heavy atom. The second kappa shape index (κ2) is 6.12. The molecule has 2 aromatic carbocycles. The van der Waals surface area contributed by atoms with Gasteiger partial charge in [0.1, 0.15) is 17.3 Å². The Labute approximate surface area is 115 Å². The molecule has 0 atom stereocenters. The molecule has 0 bridgehead atoms. The number of alkyl halides is 1. The van der Waals surface area contributed by atoms with Gasteiger partial charge in [-0.2, -0.15) is 0 Å². The highest BCUT2D eigenvalue weighted by Crippen LogP contribution is 2.33. The van der Waals surface area contributed by atoms with Gasteiger partial charge in [-0.05, 0) is 36.6 Å². The number of hydrogen-bond donors (Lipinski definition) is 0. The van der Waals surface area contributed by atoms with Crippen molar-refractivity contribution in [3.05, 3.63) is 53.8 Å². The number of benzene rings is 2. The summed E-state index contributed by atoms with van der Waals surface area (Å²) in [6.45, 7) is 0. The highest BCUT2D eigenvalue weighted by Gasteiger charge is 2.08. The maximum absolute atomic E-state index is 13.1. The van der Waals surface area contributed by atoms with Crippen molar-refractivity contribution in [1.82, 2.24) is 0 Å². The van der Waals surface area contributed by atoms with E-state index in [9.17, 15) is 4.39 Å². The summed E-state index contributed by atoms with van der Waals surface area (Å²) in [7, 11) is 0. The van der Waals surface area contributed by atoms with Gasteiger partial charge in [-0.3, -0.25) is 0 Å². The van der Waals surface area contributed by atoms with E-state index < -0.39 is 0 Å². The van der Waals surface area contributed by atoms with Crippen LogP contribution in [0, 0.1) is 5.82 Å². The third-order valence-electron chi connectivity index (χ3n) is 2.46. The highest BCUT2D eigenvalue weighted by molar-refractivity contribution is 7.98. The maximum atomic E-state index is 13.1. The first-order valence-corrected chi connectivity index (χ1v) is 7.16. The molecule has 0 unspecified atom stereocenters. The Morgan fingerprint density at radius 1 is 1.17 bits per heavy atom. The smallest absolute Gasteiger partial charge is 0.140 e. The molecule has 4 heteroatoms. The van der Waals surface area contributed by atoms with E-state index in [1.807, 2.05) is 30.5 Å². The molecule has 18 heavy (non-hydrogen) atoms. The van der Waals surface area contributed by atoms with Crippen molar-refractivity contribution in [1.29, 1.82) is 0 Å². The van der Waals surface area contributed by atoms with Crippen molar-refractivity contribution >= 4 is 23.4 Å². The fourth-order valence-electron chi connectivity index (χ4n) is 1.57. The van der Waals surface area contributed by atoms with Gasteiger partial charge >= 0.3 is 0 Å². The average Bonchev–Trinajstić information content (AvgIpc) is 2.41. The number of ether oxygens (including phenoxy) is 1. The van der Waals surface area contributed by atoms with Crippen LogP contribution < -0.4 is 4.74 Å². The summed E-state index contributed by atoms with van der Waals surface area (Å²) < 4.78 is 18.9. The van der Waals surface area contributed by atoms with Crippen LogP contribution in [0.2, 0.25) is 0 Å². The van der Waals surface area contributed by atoms with Crippen LogP contribution in [0.3, 0.4) is 0 Å². The van der Waals surface area contributed by atoms with Crippen molar-refractivity contribution in [2.45, 2.75) is 10.8 Å². The fraction of sp³-hybridized carbons (Fsp3) is 0.143. The lowest BCUT2D eigenvalue weighted by Gasteiger charge is -2.12. The van der Waals surface area contributed by atoms with Crippen LogP contribution in [-0.4, -0.2) is 6.26 Å². The molecule has 0 amide bonds. The van der Waals surface area contributed by atoms with Crippen LogP contribution in [0.25, 0.3) is 0 Å². The minimum atomic E-state index is -0.309. The molecule has 2 rings (SSSR count). The molecule has 0 aliphatic heterocycles. The van der Waals surface area contributed by atoms with E-state index in [0.717, 1.165) is 10.6 Å². The third-order valence-corrected chi connectivity index (χ3v) is 3.52. The lowest BCUT2D eigenvalue weighted by molar-refractivity contribution is 0.465. The van der Waals surface area contributed by atoms with Crippen molar-refractivity contribution in [2.75, 3.05) is 6.26 Å². The summed E-state index contributed by atoms with van der Waals surface area (Å²) in [5.41, 5.74) is 0.646. The maximum Gasteiger partial charge on any atom is 0.140 e. The van der Waals surface area contributed by atoms with E-state index in [0.29, 0.717) is 11.3 Å². The molecule has 1 nitrogen and oxygen atoms in total. The summed E-state index contributed by atoms with van der Waals surface area (Å²) in [4.78, 5) is 1.03. The molecule has 0 spiro atoms. The van der Waals surface area contributed by atoms with Gasteiger partial charge in [0.2, 0.25) is 0 Å². The molecule has 0 aliphatic carbocycles. The SMILES string of the molecule is CSc1ccccc1Oc1ccc(F)cc1CCl. The molecule has 2 aromatic rings. The van der Waals surface area contributed by atoms with E-state index in [-0.39, 0.29) is 11.7 Å². The molecule has 0 heterocycles. The molecule has 0 fully saturated rings. The predicted molar refractivity (Wildman–Crippen MR) is 74.3 cm³/mol. The van der Waals surface area contributed by atoms with Crippen LogP contribution >= 0.6 is 23.4 Å². The number of hydrogen-bond acceptors (Lipinski definition) is 2. The first kappa shape index (κ1) is 13.2. The van der Waals surface area contributed by atoms with E-state index in [1.54, 1.807) is 17.8 Å². The first-order chi connectivity index (χ1) is 8.74. The molecule has 0 aromatic heterocycles.